The number of nitrogens with zero attached hydrogens (tertiary/aromatic N) is 1. The maximum absolute atomic E-state index is 12.2. The number of aromatic nitrogens is 1. The van der Waals surface area contributed by atoms with Gasteiger partial charge in [0, 0.05) is 22.0 Å². The molecule has 0 aliphatic carbocycles. The summed E-state index contributed by atoms with van der Waals surface area (Å²) in [5.74, 6) is 0. The highest BCUT2D eigenvalue weighted by atomic mass is 32.2. The van der Waals surface area contributed by atoms with Gasteiger partial charge in [-0.25, -0.2) is 0 Å². The third-order valence-corrected chi connectivity index (χ3v) is 3.34. The predicted molar refractivity (Wildman–Crippen MR) is 67.2 cm³/mol. The number of hydrogen-bond donors (Lipinski definition) is 0. The third-order valence-electron chi connectivity index (χ3n) is 2.60. The molecule has 2 aromatic rings. The highest BCUT2D eigenvalue weighted by Gasteiger charge is 2.29. The summed E-state index contributed by atoms with van der Waals surface area (Å²) in [4.78, 5) is 0.203. The number of rotatable bonds is 2. The van der Waals surface area contributed by atoms with E-state index in [0.29, 0.717) is 0 Å². The number of hydrogen-bond acceptors (Lipinski definition) is 1. The molecule has 0 radical (unpaired) electrons. The Hall–Kier alpha value is -1.36. The molecule has 0 aliphatic rings. The monoisotopic (exact) mass is 271 g/mol. The number of thioether (sulfide) groups is 1. The first-order valence-corrected chi connectivity index (χ1v) is 6.19. The molecule has 0 bridgehead atoms. The normalized spacial score (nSPS) is 11.8. The van der Waals surface area contributed by atoms with E-state index in [4.69, 9.17) is 0 Å². The first kappa shape index (κ1) is 13.1. The quantitative estimate of drug-likeness (QED) is 0.716. The zero-order valence-corrected chi connectivity index (χ0v) is 10.8. The molecule has 1 aromatic heterocycles. The molecule has 1 nitrogen and oxygen atoms in total. The molecule has 18 heavy (non-hydrogen) atoms. The Kier molecular flexibility index (Phi) is 3.43. The second-order valence-corrected chi connectivity index (χ2v) is 5.13. The lowest BCUT2D eigenvalue weighted by atomic mass is 10.3. The second kappa shape index (κ2) is 4.72. The topological polar surface area (TPSA) is 4.93 Å². The fraction of sp³-hybridized carbons (Fsp3) is 0.231. The van der Waals surface area contributed by atoms with E-state index in [9.17, 15) is 13.2 Å². The lowest BCUT2D eigenvalue weighted by Gasteiger charge is -2.10. The van der Waals surface area contributed by atoms with Gasteiger partial charge in [-0.2, -0.15) is 13.2 Å². The Labute approximate surface area is 108 Å². The van der Waals surface area contributed by atoms with Gasteiger partial charge in [0.2, 0.25) is 0 Å². The van der Waals surface area contributed by atoms with Crippen LogP contribution in [0.2, 0.25) is 0 Å². The van der Waals surface area contributed by atoms with Gasteiger partial charge in [-0.3, -0.25) is 0 Å². The molecule has 0 fully saturated rings. The number of aryl methyl sites for hydroxylation is 2. The van der Waals surface area contributed by atoms with E-state index in [2.05, 4.69) is 0 Å². The molecule has 2 rings (SSSR count). The summed E-state index contributed by atoms with van der Waals surface area (Å²) < 4.78 is 38.6. The third kappa shape index (κ3) is 2.90. The van der Waals surface area contributed by atoms with Crippen molar-refractivity contribution in [2.45, 2.75) is 24.3 Å². The van der Waals surface area contributed by atoms with Gasteiger partial charge in [-0.1, -0.05) is 0 Å². The van der Waals surface area contributed by atoms with Crippen LogP contribution in [0.15, 0.2) is 41.3 Å². The lowest BCUT2D eigenvalue weighted by Crippen LogP contribution is -2.00. The molecule has 0 atom stereocenters. The highest BCUT2D eigenvalue weighted by Crippen LogP contribution is 2.37. The fourth-order valence-corrected chi connectivity index (χ4v) is 2.41. The summed E-state index contributed by atoms with van der Waals surface area (Å²) in [5, 5.41) is 0. The Morgan fingerprint density at radius 1 is 0.889 bits per heavy atom. The Balaban J connectivity index is 2.28. The van der Waals surface area contributed by atoms with Crippen molar-refractivity contribution in [2.24, 2.45) is 0 Å². The second-order valence-electron chi connectivity index (χ2n) is 3.99. The molecule has 0 saturated heterocycles. The molecule has 0 saturated carbocycles. The van der Waals surface area contributed by atoms with Crippen molar-refractivity contribution in [3.63, 3.8) is 0 Å². The summed E-state index contributed by atoms with van der Waals surface area (Å²) in [5.41, 5.74) is -1.24. The molecule has 0 amide bonds. The highest BCUT2D eigenvalue weighted by molar-refractivity contribution is 8.00. The first-order chi connectivity index (χ1) is 8.37. The smallest absolute Gasteiger partial charge is 0.319 e. The lowest BCUT2D eigenvalue weighted by molar-refractivity contribution is -0.0328. The first-order valence-electron chi connectivity index (χ1n) is 5.38. The van der Waals surface area contributed by atoms with E-state index in [1.54, 1.807) is 12.1 Å². The number of halogens is 3. The van der Waals surface area contributed by atoms with Crippen LogP contribution in [0.1, 0.15) is 11.4 Å². The van der Waals surface area contributed by atoms with E-state index in [1.165, 1.54) is 12.1 Å². The maximum atomic E-state index is 12.2. The van der Waals surface area contributed by atoms with Crippen LogP contribution >= 0.6 is 11.8 Å². The summed E-state index contributed by atoms with van der Waals surface area (Å²) in [6.07, 6.45) is 0. The van der Waals surface area contributed by atoms with Crippen LogP contribution in [-0.4, -0.2) is 10.1 Å². The Morgan fingerprint density at radius 2 is 1.39 bits per heavy atom. The van der Waals surface area contributed by atoms with Gasteiger partial charge in [0.25, 0.3) is 0 Å². The fourth-order valence-electron chi connectivity index (χ4n) is 1.87. The largest absolute Gasteiger partial charge is 0.446 e. The van der Waals surface area contributed by atoms with E-state index < -0.39 is 5.51 Å². The molecule has 0 unspecified atom stereocenters. The van der Waals surface area contributed by atoms with Crippen LogP contribution in [-0.2, 0) is 0 Å². The van der Waals surface area contributed by atoms with Crippen LogP contribution < -0.4 is 0 Å². The average Bonchev–Trinajstić information content (AvgIpc) is 2.58. The van der Waals surface area contributed by atoms with Gasteiger partial charge in [-0.15, -0.1) is 0 Å². The van der Waals surface area contributed by atoms with Crippen LogP contribution in [0, 0.1) is 13.8 Å². The van der Waals surface area contributed by atoms with E-state index >= 15 is 0 Å². The summed E-state index contributed by atoms with van der Waals surface area (Å²) in [6.45, 7) is 3.93. The van der Waals surface area contributed by atoms with Crippen molar-refractivity contribution in [2.75, 3.05) is 0 Å². The molecule has 0 N–H and O–H groups in total. The zero-order valence-electron chi connectivity index (χ0n) is 9.95. The molecule has 0 spiro atoms. The summed E-state index contributed by atoms with van der Waals surface area (Å²) >= 11 is -0.0942. The number of benzene rings is 1. The predicted octanol–water partition coefficient (Wildman–Crippen LogP) is 4.71. The van der Waals surface area contributed by atoms with Gasteiger partial charge in [-0.05, 0) is 62.0 Å². The molecule has 1 heterocycles. The van der Waals surface area contributed by atoms with Gasteiger partial charge in [0.15, 0.2) is 0 Å². The maximum Gasteiger partial charge on any atom is 0.446 e. The van der Waals surface area contributed by atoms with E-state index in [-0.39, 0.29) is 16.7 Å². The van der Waals surface area contributed by atoms with Crippen LogP contribution in [0.3, 0.4) is 0 Å². The van der Waals surface area contributed by atoms with Gasteiger partial charge >= 0.3 is 5.51 Å². The SMILES string of the molecule is Cc1ccc(C)n1-c1ccc(SC(F)(F)F)cc1. The zero-order chi connectivity index (χ0) is 13.3. The Bertz CT molecular complexity index is 521. The minimum Gasteiger partial charge on any atom is -0.319 e. The summed E-state index contributed by atoms with van der Waals surface area (Å²) in [7, 11) is 0. The Morgan fingerprint density at radius 3 is 1.83 bits per heavy atom. The van der Waals surface area contributed by atoms with Crippen molar-refractivity contribution < 1.29 is 13.2 Å². The molecular formula is C13H12F3NS. The van der Waals surface area contributed by atoms with E-state index in [0.717, 1.165) is 17.1 Å². The minimum absolute atomic E-state index is 0.0942. The molecule has 0 aliphatic heterocycles. The van der Waals surface area contributed by atoms with Gasteiger partial charge in [0.1, 0.15) is 0 Å². The van der Waals surface area contributed by atoms with Gasteiger partial charge in [0.05, 0.1) is 0 Å². The average molecular weight is 271 g/mol. The molecule has 96 valence electrons. The molecular weight excluding hydrogens is 259 g/mol. The van der Waals surface area contributed by atoms with E-state index in [1.807, 2.05) is 30.5 Å². The number of alkyl halides is 3. The van der Waals surface area contributed by atoms with Crippen molar-refractivity contribution in [3.8, 4) is 5.69 Å². The standard InChI is InChI=1S/C13H12F3NS/c1-9-3-4-10(2)17(9)11-5-7-12(8-6-11)18-13(14,15)16/h3-8H,1-2H3. The van der Waals surface area contributed by atoms with Crippen LogP contribution in [0.5, 0.6) is 0 Å². The molecule has 5 heteroatoms. The van der Waals surface area contributed by atoms with Crippen molar-refractivity contribution in [1.29, 1.82) is 0 Å². The van der Waals surface area contributed by atoms with Gasteiger partial charge < -0.3 is 4.57 Å². The minimum atomic E-state index is -4.24. The van der Waals surface area contributed by atoms with Crippen molar-refractivity contribution in [1.82, 2.24) is 4.57 Å². The van der Waals surface area contributed by atoms with Crippen LogP contribution in [0.25, 0.3) is 5.69 Å². The van der Waals surface area contributed by atoms with Crippen molar-refractivity contribution in [3.05, 3.63) is 47.8 Å². The van der Waals surface area contributed by atoms with Crippen molar-refractivity contribution >= 4 is 11.8 Å². The molecule has 1 aromatic carbocycles. The van der Waals surface area contributed by atoms with Crippen LogP contribution in [0.4, 0.5) is 13.2 Å². The summed E-state index contributed by atoms with van der Waals surface area (Å²) in [6, 6.07) is 10.3.